The molecular weight excluding hydrogens is 536 g/mol. The molecule has 0 spiro atoms. The third-order valence-corrected chi connectivity index (χ3v) is 6.98. The van der Waals surface area contributed by atoms with Crippen LogP contribution in [-0.2, 0) is 38.8 Å². The van der Waals surface area contributed by atoms with Crippen LogP contribution in [0, 0.1) is 0 Å². The maximum absolute atomic E-state index is 11.3. The van der Waals surface area contributed by atoms with Crippen molar-refractivity contribution in [3.05, 3.63) is 138 Å². The quantitative estimate of drug-likeness (QED) is 0.225. The van der Waals surface area contributed by atoms with Gasteiger partial charge in [0.05, 0.1) is 32.0 Å². The molecule has 0 saturated carbocycles. The number of aliphatic hydroxyl groups is 1. The van der Waals surface area contributed by atoms with Gasteiger partial charge in [-0.3, -0.25) is 0 Å². The fraction of sp³-hybridized carbons (Fsp3) is 0.265. The minimum Gasteiger partial charge on any atom is -0.478 e. The monoisotopic (exact) mass is 570 g/mol. The predicted molar refractivity (Wildman–Crippen MR) is 155 cm³/mol. The molecule has 4 aromatic carbocycles. The van der Waals surface area contributed by atoms with Crippen LogP contribution in [0.15, 0.2) is 115 Å². The van der Waals surface area contributed by atoms with Crippen LogP contribution in [0.2, 0.25) is 0 Å². The van der Waals surface area contributed by atoms with Gasteiger partial charge >= 0.3 is 5.97 Å². The number of carboxylic acid groups (broad SMARTS) is 1. The molecule has 42 heavy (non-hydrogen) atoms. The summed E-state index contributed by atoms with van der Waals surface area (Å²) in [4.78, 5) is 11.3. The second-order valence-corrected chi connectivity index (χ2v) is 9.96. The van der Waals surface area contributed by atoms with Crippen LogP contribution in [0.25, 0.3) is 0 Å². The molecule has 2 N–H and O–H groups in total. The average Bonchev–Trinajstić information content (AvgIpc) is 3.04. The molecule has 0 bridgehead atoms. The van der Waals surface area contributed by atoms with Gasteiger partial charge in [-0.05, 0) is 41.0 Å². The summed E-state index contributed by atoms with van der Waals surface area (Å²) in [7, 11) is 0. The van der Waals surface area contributed by atoms with Crippen LogP contribution in [-0.4, -0.2) is 53.5 Å². The first kappa shape index (κ1) is 29.4. The summed E-state index contributed by atoms with van der Waals surface area (Å²) in [5, 5.41) is 19.7. The van der Waals surface area contributed by atoms with E-state index >= 15 is 0 Å². The largest absolute Gasteiger partial charge is 0.478 e. The number of aliphatic hydroxyl groups excluding tert-OH is 1. The Labute approximate surface area is 245 Å². The Morgan fingerprint density at radius 2 is 1.07 bits per heavy atom. The van der Waals surface area contributed by atoms with Gasteiger partial charge in [0.1, 0.15) is 30.2 Å². The summed E-state index contributed by atoms with van der Waals surface area (Å²) in [6, 6.07) is 35.3. The maximum Gasteiger partial charge on any atom is 0.335 e. The zero-order valence-corrected chi connectivity index (χ0v) is 23.0. The van der Waals surface area contributed by atoms with E-state index in [1.165, 1.54) is 12.1 Å². The van der Waals surface area contributed by atoms with Crippen molar-refractivity contribution in [3.63, 3.8) is 0 Å². The molecule has 1 saturated heterocycles. The number of ether oxygens (including phenoxy) is 5. The lowest BCUT2D eigenvalue weighted by Gasteiger charge is -2.45. The number of rotatable bonds is 13. The van der Waals surface area contributed by atoms with Gasteiger partial charge in [-0.2, -0.15) is 0 Å². The molecule has 8 heteroatoms. The van der Waals surface area contributed by atoms with Gasteiger partial charge in [-0.1, -0.05) is 91.0 Å². The molecule has 0 amide bonds. The minimum absolute atomic E-state index is 0.135. The van der Waals surface area contributed by atoms with E-state index in [-0.39, 0.29) is 32.0 Å². The fourth-order valence-corrected chi connectivity index (χ4v) is 4.80. The standard InChI is InChI=1S/C34H34O8/c35-20-29-30(38-21-24-10-4-1-5-11-24)31(39-22-25-12-6-2-7-13-25)32(40-23-26-14-8-3-9-15-26)34(42-29)41-28-18-16-27(17-19-28)33(36)37/h1-19,29-32,34-35H,20-23H2,(H,36,37)/t29-,30-,31+,32-,34-/m1/s1. The van der Waals surface area contributed by atoms with Gasteiger partial charge in [0.2, 0.25) is 6.29 Å². The van der Waals surface area contributed by atoms with Crippen molar-refractivity contribution in [2.24, 2.45) is 0 Å². The van der Waals surface area contributed by atoms with E-state index in [4.69, 9.17) is 23.7 Å². The molecule has 1 aliphatic rings. The summed E-state index contributed by atoms with van der Waals surface area (Å²) < 4.78 is 31.9. The second kappa shape index (κ2) is 14.7. The van der Waals surface area contributed by atoms with E-state index in [0.29, 0.717) is 5.75 Å². The van der Waals surface area contributed by atoms with Crippen LogP contribution in [0.1, 0.15) is 27.0 Å². The van der Waals surface area contributed by atoms with E-state index in [1.807, 2.05) is 91.0 Å². The summed E-state index contributed by atoms with van der Waals surface area (Å²) in [6.45, 7) is 0.477. The topological polar surface area (TPSA) is 104 Å². The predicted octanol–water partition coefficient (Wildman–Crippen LogP) is 5.24. The van der Waals surface area contributed by atoms with Crippen molar-refractivity contribution < 1.29 is 38.7 Å². The van der Waals surface area contributed by atoms with E-state index in [0.717, 1.165) is 16.7 Å². The highest BCUT2D eigenvalue weighted by atomic mass is 16.7. The molecular formula is C34H34O8. The first-order valence-corrected chi connectivity index (χ1v) is 13.8. The Balaban J connectivity index is 1.44. The highest BCUT2D eigenvalue weighted by Crippen LogP contribution is 2.32. The van der Waals surface area contributed by atoms with Gasteiger partial charge in [0.15, 0.2) is 0 Å². The van der Waals surface area contributed by atoms with E-state index in [2.05, 4.69) is 0 Å². The number of hydrogen-bond donors (Lipinski definition) is 2. The van der Waals surface area contributed by atoms with Gasteiger partial charge in [0, 0.05) is 0 Å². The maximum atomic E-state index is 11.3. The van der Waals surface area contributed by atoms with Crippen molar-refractivity contribution >= 4 is 5.97 Å². The van der Waals surface area contributed by atoms with Crippen LogP contribution >= 0.6 is 0 Å². The Morgan fingerprint density at radius 1 is 0.619 bits per heavy atom. The lowest BCUT2D eigenvalue weighted by molar-refractivity contribution is -0.308. The van der Waals surface area contributed by atoms with E-state index in [9.17, 15) is 15.0 Å². The zero-order valence-electron chi connectivity index (χ0n) is 23.0. The third kappa shape index (κ3) is 7.82. The molecule has 4 aromatic rings. The average molecular weight is 571 g/mol. The summed E-state index contributed by atoms with van der Waals surface area (Å²) in [5.41, 5.74) is 3.02. The van der Waals surface area contributed by atoms with E-state index < -0.39 is 36.7 Å². The van der Waals surface area contributed by atoms with Crippen molar-refractivity contribution in [1.29, 1.82) is 0 Å². The van der Waals surface area contributed by atoms with Crippen molar-refractivity contribution in [1.82, 2.24) is 0 Å². The molecule has 8 nitrogen and oxygen atoms in total. The minimum atomic E-state index is -1.03. The highest BCUT2D eigenvalue weighted by Gasteiger charge is 2.49. The Morgan fingerprint density at radius 3 is 1.52 bits per heavy atom. The summed E-state index contributed by atoms with van der Waals surface area (Å²) in [6.07, 6.45) is -3.91. The lowest BCUT2D eigenvalue weighted by atomic mass is 9.97. The fourth-order valence-electron chi connectivity index (χ4n) is 4.80. The zero-order chi connectivity index (χ0) is 29.1. The molecule has 1 fully saturated rings. The lowest BCUT2D eigenvalue weighted by Crippen LogP contribution is -2.62. The number of carbonyl (C=O) groups is 1. The molecule has 0 radical (unpaired) electrons. The molecule has 0 aromatic heterocycles. The molecule has 0 aliphatic carbocycles. The number of benzene rings is 4. The molecule has 218 valence electrons. The van der Waals surface area contributed by atoms with Crippen LogP contribution in [0.5, 0.6) is 5.75 Å². The van der Waals surface area contributed by atoms with Crippen molar-refractivity contribution in [2.45, 2.75) is 50.5 Å². The van der Waals surface area contributed by atoms with E-state index in [1.54, 1.807) is 12.1 Å². The van der Waals surface area contributed by atoms with Crippen molar-refractivity contribution in [3.8, 4) is 5.75 Å². The molecule has 5 atom stereocenters. The Hall–Kier alpha value is -4.05. The first-order chi connectivity index (χ1) is 20.6. The number of hydrogen-bond acceptors (Lipinski definition) is 7. The SMILES string of the molecule is O=C(O)c1ccc(O[C@@H]2O[C@H](CO)[C@@H](OCc3ccccc3)[C@H](OCc3ccccc3)[C@H]2OCc2ccccc2)cc1. The molecule has 1 aliphatic heterocycles. The highest BCUT2D eigenvalue weighted by molar-refractivity contribution is 5.87. The smallest absolute Gasteiger partial charge is 0.335 e. The van der Waals surface area contributed by atoms with Crippen LogP contribution < -0.4 is 4.74 Å². The molecule has 0 unspecified atom stereocenters. The normalized spacial score (nSPS) is 22.0. The van der Waals surface area contributed by atoms with Gasteiger partial charge < -0.3 is 33.9 Å². The Kier molecular flexibility index (Phi) is 10.3. The van der Waals surface area contributed by atoms with Gasteiger partial charge in [-0.15, -0.1) is 0 Å². The summed E-state index contributed by atoms with van der Waals surface area (Å²) in [5.74, 6) is -0.645. The Bertz CT molecular complexity index is 1370. The number of carboxylic acids is 1. The third-order valence-electron chi connectivity index (χ3n) is 6.98. The second-order valence-electron chi connectivity index (χ2n) is 9.96. The molecule has 5 rings (SSSR count). The van der Waals surface area contributed by atoms with Crippen LogP contribution in [0.3, 0.4) is 0 Å². The van der Waals surface area contributed by atoms with Crippen molar-refractivity contribution in [2.75, 3.05) is 6.61 Å². The van der Waals surface area contributed by atoms with Gasteiger partial charge in [0.25, 0.3) is 0 Å². The first-order valence-electron chi connectivity index (χ1n) is 13.8. The molecule has 1 heterocycles. The number of aromatic carboxylic acids is 1. The van der Waals surface area contributed by atoms with Gasteiger partial charge in [-0.25, -0.2) is 4.79 Å². The van der Waals surface area contributed by atoms with Crippen LogP contribution in [0.4, 0.5) is 0 Å². The summed E-state index contributed by atoms with van der Waals surface area (Å²) >= 11 is 0.